The molecule has 0 aliphatic heterocycles. The molecule has 23 aromatic rings. The van der Waals surface area contributed by atoms with Crippen molar-refractivity contribution in [1.82, 2.24) is 18.3 Å². The molecular formula is C108H70N4S2. The van der Waals surface area contributed by atoms with E-state index in [2.05, 4.69) is 425 Å². The van der Waals surface area contributed by atoms with Crippen molar-refractivity contribution in [2.45, 2.75) is 12.3 Å². The molecule has 0 radical (unpaired) electrons. The first-order valence-corrected chi connectivity index (χ1v) is 40.9. The summed E-state index contributed by atoms with van der Waals surface area (Å²) in [6.45, 7) is 0. The van der Waals surface area contributed by atoms with E-state index in [9.17, 15) is 0 Å². The Morgan fingerprint density at radius 3 is 0.921 bits per heavy atom. The van der Waals surface area contributed by atoms with E-state index in [0.29, 0.717) is 5.92 Å². The van der Waals surface area contributed by atoms with Gasteiger partial charge in [-0.3, -0.25) is 0 Å². The van der Waals surface area contributed by atoms with E-state index in [0.717, 1.165) is 23.5 Å². The molecule has 4 nitrogen and oxygen atoms in total. The first kappa shape index (κ1) is 65.7. The van der Waals surface area contributed by atoms with E-state index in [1.807, 2.05) is 22.7 Å². The van der Waals surface area contributed by atoms with E-state index in [4.69, 9.17) is 0 Å². The summed E-state index contributed by atoms with van der Waals surface area (Å²) in [5.74, 6) is 0.424. The van der Waals surface area contributed by atoms with Crippen LogP contribution in [0.2, 0.25) is 0 Å². The maximum atomic E-state index is 2.47. The number of nitrogens with zero attached hydrogens (tertiary/aromatic N) is 4. The van der Waals surface area contributed by atoms with Gasteiger partial charge in [-0.2, -0.15) is 0 Å². The van der Waals surface area contributed by atoms with Crippen molar-refractivity contribution >= 4 is 150 Å². The fourth-order valence-electron chi connectivity index (χ4n) is 18.3. The molecule has 534 valence electrons. The van der Waals surface area contributed by atoms with Crippen LogP contribution in [0.5, 0.6) is 0 Å². The Bertz CT molecular complexity index is 7820. The van der Waals surface area contributed by atoms with Gasteiger partial charge in [0.1, 0.15) is 0 Å². The second-order valence-corrected chi connectivity index (χ2v) is 32.4. The molecule has 0 N–H and O–H groups in total. The minimum Gasteiger partial charge on any atom is -0.309 e. The van der Waals surface area contributed by atoms with Crippen LogP contribution in [0.3, 0.4) is 0 Å². The van der Waals surface area contributed by atoms with Crippen LogP contribution in [0.25, 0.3) is 206 Å². The Labute approximate surface area is 666 Å². The number of thiophene rings is 2. The second kappa shape index (κ2) is 26.8. The van der Waals surface area contributed by atoms with Gasteiger partial charge in [-0.15, -0.1) is 22.7 Å². The molecule has 0 saturated heterocycles. The van der Waals surface area contributed by atoms with Crippen LogP contribution < -0.4 is 0 Å². The number of aromatic nitrogens is 4. The second-order valence-electron chi connectivity index (χ2n) is 30.2. The maximum Gasteiger partial charge on any atom is 0.0555 e. The highest BCUT2D eigenvalue weighted by molar-refractivity contribution is 7.26. The van der Waals surface area contributed by atoms with Gasteiger partial charge in [0.05, 0.1) is 44.1 Å². The van der Waals surface area contributed by atoms with Crippen LogP contribution in [0.4, 0.5) is 0 Å². The predicted molar refractivity (Wildman–Crippen MR) is 489 cm³/mol. The van der Waals surface area contributed by atoms with Crippen molar-refractivity contribution in [3.05, 3.63) is 412 Å². The third-order valence-electron chi connectivity index (χ3n) is 23.8. The third kappa shape index (κ3) is 10.9. The van der Waals surface area contributed by atoms with Gasteiger partial charge in [0.15, 0.2) is 0 Å². The zero-order valence-corrected chi connectivity index (χ0v) is 63.7. The standard InChI is InChI=1S/C54H36N2S.C54H34N2S/c1-3-11-35(12-4-1)37-19-25-41(26-20-37)55-49-17-9-7-15-43(49)45-31-39(23-29-50(45)55)40-24-30-51-46(32-40)47-34-54-48(44-16-8-10-18-53(44)57-54)33-52(47)56(51)42-27-21-38(22-28-42)36-13-5-2-6-14-36;1-3-11-35(12-4-1)37-19-25-41(26-20-37)55-49-17-9-7-15-43(49)45-31-39(23-29-50(45)55)40-24-30-51-46(32-40)47-33-48-44-16-8-10-18-53(44)57-54(48)34-52(47)56(51)42-27-21-38(22-28-42)36-13-5-2-6-14-36/h1-13,15-34,36H,14H2;1-34H. The number of fused-ring (bicyclic) bond motifs is 18. The lowest BCUT2D eigenvalue weighted by molar-refractivity contribution is 0.853. The monoisotopic (exact) mass is 1490 g/mol. The molecule has 6 heteroatoms. The molecular weight excluding hydrogens is 1420 g/mol. The molecule has 0 bridgehead atoms. The largest absolute Gasteiger partial charge is 0.309 e. The average molecular weight is 1490 g/mol. The predicted octanol–water partition coefficient (Wildman–Crippen LogP) is 30.4. The summed E-state index contributed by atoms with van der Waals surface area (Å²) >= 11 is 3.76. The van der Waals surface area contributed by atoms with E-state index in [-0.39, 0.29) is 0 Å². The van der Waals surface area contributed by atoms with Crippen LogP contribution in [-0.4, -0.2) is 18.3 Å². The van der Waals surface area contributed by atoms with Crippen molar-refractivity contribution < 1.29 is 0 Å². The summed E-state index contributed by atoms with van der Waals surface area (Å²) < 4.78 is 15.0. The van der Waals surface area contributed by atoms with E-state index in [1.54, 1.807) is 0 Å². The summed E-state index contributed by atoms with van der Waals surface area (Å²) in [6, 6.07) is 141. The van der Waals surface area contributed by atoms with Crippen molar-refractivity contribution in [2.75, 3.05) is 0 Å². The summed E-state index contributed by atoms with van der Waals surface area (Å²) in [4.78, 5) is 0. The van der Waals surface area contributed by atoms with Crippen LogP contribution in [-0.2, 0) is 0 Å². The molecule has 0 amide bonds. The topological polar surface area (TPSA) is 19.7 Å². The van der Waals surface area contributed by atoms with Crippen LogP contribution in [0.1, 0.15) is 17.9 Å². The Morgan fingerprint density at radius 1 is 0.193 bits per heavy atom. The number of hydrogen-bond donors (Lipinski definition) is 0. The molecule has 1 aliphatic carbocycles. The summed E-state index contributed by atoms with van der Waals surface area (Å²) in [7, 11) is 0. The number of benzene rings is 17. The van der Waals surface area contributed by atoms with Gasteiger partial charge in [0, 0.05) is 112 Å². The fourth-order valence-corrected chi connectivity index (χ4v) is 20.5. The fraction of sp³-hybridized carbons (Fsp3) is 0.0185. The molecule has 6 aromatic heterocycles. The van der Waals surface area contributed by atoms with Crippen molar-refractivity contribution in [1.29, 1.82) is 0 Å². The zero-order valence-electron chi connectivity index (χ0n) is 62.1. The van der Waals surface area contributed by atoms with Crippen molar-refractivity contribution in [3.63, 3.8) is 0 Å². The Kier molecular flexibility index (Phi) is 15.5. The number of hydrogen-bond acceptors (Lipinski definition) is 2. The highest BCUT2D eigenvalue weighted by atomic mass is 32.1. The third-order valence-corrected chi connectivity index (χ3v) is 26.1. The lowest BCUT2D eigenvalue weighted by Crippen LogP contribution is -1.98. The quantitative estimate of drug-likeness (QED) is 0.130. The first-order valence-electron chi connectivity index (χ1n) is 39.3. The lowest BCUT2D eigenvalue weighted by atomic mass is 9.92. The lowest BCUT2D eigenvalue weighted by Gasteiger charge is -2.15. The highest BCUT2D eigenvalue weighted by Gasteiger charge is 2.23. The van der Waals surface area contributed by atoms with Gasteiger partial charge < -0.3 is 18.3 Å². The maximum absolute atomic E-state index is 2.47. The van der Waals surface area contributed by atoms with Gasteiger partial charge in [-0.05, 0) is 213 Å². The van der Waals surface area contributed by atoms with Crippen LogP contribution in [0, 0.1) is 0 Å². The smallest absolute Gasteiger partial charge is 0.0555 e. The molecule has 6 heterocycles. The minimum absolute atomic E-state index is 0.424. The summed E-state index contributed by atoms with van der Waals surface area (Å²) in [5.41, 5.74) is 28.0. The Hall–Kier alpha value is -14.1. The normalized spacial score (nSPS) is 13.1. The SMILES string of the molecule is C1=CCC(c2ccc(-n3c4ccc(-c5ccc6c(c5)c5ccccc5n6-c5ccc(-c6ccccc6)cc5)cc4c4cc5sc6ccccc6c5cc43)cc2)C=C1.c1ccc(-c2ccc(-n3c4ccccc4c4cc(-c5ccc6c(c5)c5cc7c(cc5n6-c5ccc(-c6ccccc6)cc5)sc5ccccc57)ccc43)cc2)cc1. The number of rotatable bonds is 10. The van der Waals surface area contributed by atoms with E-state index < -0.39 is 0 Å². The van der Waals surface area contributed by atoms with Crippen molar-refractivity contribution in [2.24, 2.45) is 0 Å². The summed E-state index contributed by atoms with van der Waals surface area (Å²) in [6.07, 6.45) is 9.94. The van der Waals surface area contributed by atoms with Gasteiger partial charge in [-0.1, -0.05) is 261 Å². The number of allylic oxidation sites excluding steroid dienone is 4. The molecule has 1 aliphatic rings. The van der Waals surface area contributed by atoms with Gasteiger partial charge in [0.2, 0.25) is 0 Å². The summed E-state index contributed by atoms with van der Waals surface area (Å²) in [5, 5.41) is 15.4. The molecule has 0 saturated carbocycles. The Balaban J connectivity index is 0.000000135. The van der Waals surface area contributed by atoms with Crippen LogP contribution >= 0.6 is 22.7 Å². The average Bonchev–Trinajstić information content (AvgIpc) is 1.58. The molecule has 0 fully saturated rings. The molecule has 1 atom stereocenters. The number of para-hydroxylation sites is 2. The molecule has 0 spiro atoms. The van der Waals surface area contributed by atoms with Gasteiger partial charge >= 0.3 is 0 Å². The highest BCUT2D eigenvalue weighted by Crippen LogP contribution is 2.47. The molecule has 1 unspecified atom stereocenters. The minimum atomic E-state index is 0.424. The Morgan fingerprint density at radius 2 is 0.500 bits per heavy atom. The molecule has 114 heavy (non-hydrogen) atoms. The van der Waals surface area contributed by atoms with Gasteiger partial charge in [-0.25, -0.2) is 0 Å². The molecule has 24 rings (SSSR count). The van der Waals surface area contributed by atoms with E-state index in [1.165, 1.54) is 194 Å². The molecule has 17 aromatic carbocycles. The van der Waals surface area contributed by atoms with Crippen molar-refractivity contribution in [3.8, 4) is 78.4 Å². The first-order chi connectivity index (χ1) is 56.5. The zero-order chi connectivity index (χ0) is 74.9. The van der Waals surface area contributed by atoms with Gasteiger partial charge in [0.25, 0.3) is 0 Å². The van der Waals surface area contributed by atoms with E-state index >= 15 is 0 Å². The van der Waals surface area contributed by atoms with Crippen LogP contribution in [0.15, 0.2) is 406 Å².